The summed E-state index contributed by atoms with van der Waals surface area (Å²) in [6, 6.07) is 11.0. The molecule has 0 radical (unpaired) electrons. The lowest BCUT2D eigenvalue weighted by atomic mass is 10.1. The van der Waals surface area contributed by atoms with Crippen LogP contribution in [0.4, 0.5) is 5.69 Å². The molecule has 0 fully saturated rings. The van der Waals surface area contributed by atoms with Gasteiger partial charge in [-0.2, -0.15) is 0 Å². The van der Waals surface area contributed by atoms with Crippen LogP contribution in [0.15, 0.2) is 42.5 Å². The number of sulfonamides is 1. The largest absolute Gasteiger partial charge is 0.497 e. The van der Waals surface area contributed by atoms with Crippen molar-refractivity contribution in [1.29, 1.82) is 0 Å². The molecular weight excluding hydrogens is 549 g/mol. The van der Waals surface area contributed by atoms with E-state index < -0.39 is 16.1 Å². The molecule has 0 saturated heterocycles. The highest BCUT2D eigenvalue weighted by atomic mass is 35.5. The number of halogens is 2. The van der Waals surface area contributed by atoms with E-state index >= 15 is 0 Å². The third-order valence-corrected chi connectivity index (χ3v) is 8.17. The average Bonchev–Trinajstić information content (AvgIpc) is 2.87. The van der Waals surface area contributed by atoms with Gasteiger partial charge in [-0.1, -0.05) is 49.2 Å². The molecular formula is C27H37Cl2N3O5S. The lowest BCUT2D eigenvalue weighted by molar-refractivity contribution is -0.141. The van der Waals surface area contributed by atoms with E-state index in [1.54, 1.807) is 42.5 Å². The maximum atomic E-state index is 13.6. The second kappa shape index (κ2) is 14.6. The number of benzene rings is 2. The van der Waals surface area contributed by atoms with Crippen molar-refractivity contribution >= 4 is 50.7 Å². The van der Waals surface area contributed by atoms with Crippen LogP contribution < -0.4 is 14.4 Å². The molecule has 2 atom stereocenters. The zero-order chi connectivity index (χ0) is 28.5. The Balaban J connectivity index is 2.29. The monoisotopic (exact) mass is 585 g/mol. The fraction of sp³-hybridized carbons (Fsp3) is 0.481. The number of ether oxygens (including phenoxy) is 1. The minimum absolute atomic E-state index is 0.0190. The third kappa shape index (κ3) is 8.78. The van der Waals surface area contributed by atoms with Crippen LogP contribution in [0.2, 0.25) is 10.0 Å². The number of rotatable bonds is 14. The van der Waals surface area contributed by atoms with Crippen molar-refractivity contribution in [3.8, 4) is 5.75 Å². The van der Waals surface area contributed by atoms with Crippen molar-refractivity contribution in [2.45, 2.75) is 65.1 Å². The molecule has 0 heterocycles. The molecule has 2 rings (SSSR count). The number of amides is 2. The molecule has 0 aromatic heterocycles. The number of hydrogen-bond donors (Lipinski definition) is 1. The zero-order valence-electron chi connectivity index (χ0n) is 22.5. The standard InChI is InChI=1S/C27H37Cl2N3O5S/c1-6-19(3)30-27(34)25(7-2)31(18-22-23(28)13-9-14-24(22)29)26(33)15-10-16-32(38(5,35)36)20-11-8-12-21(17-20)37-4/h8-9,11-14,17,19,25H,6-7,10,15-16,18H2,1-5H3,(H,30,34)/t19-,25-/m1/s1. The Kier molecular flexibility index (Phi) is 12.2. The summed E-state index contributed by atoms with van der Waals surface area (Å²) in [6.07, 6.45) is 2.50. The van der Waals surface area contributed by atoms with Crippen LogP contribution in [0.25, 0.3) is 0 Å². The van der Waals surface area contributed by atoms with Gasteiger partial charge in [-0.05, 0) is 50.5 Å². The van der Waals surface area contributed by atoms with Crippen LogP contribution >= 0.6 is 23.2 Å². The summed E-state index contributed by atoms with van der Waals surface area (Å²) in [5, 5.41) is 3.75. The maximum absolute atomic E-state index is 13.6. The second-order valence-corrected chi connectivity index (χ2v) is 11.8. The highest BCUT2D eigenvalue weighted by molar-refractivity contribution is 7.92. The minimum Gasteiger partial charge on any atom is -0.497 e. The molecule has 2 aromatic carbocycles. The van der Waals surface area contributed by atoms with E-state index in [0.717, 1.165) is 12.7 Å². The summed E-state index contributed by atoms with van der Waals surface area (Å²) in [5.41, 5.74) is 0.992. The summed E-state index contributed by atoms with van der Waals surface area (Å²) in [6.45, 7) is 5.83. The fourth-order valence-electron chi connectivity index (χ4n) is 3.98. The highest BCUT2D eigenvalue weighted by Crippen LogP contribution is 2.28. The number of carbonyl (C=O) groups is 2. The number of anilines is 1. The Labute approximate surface area is 236 Å². The van der Waals surface area contributed by atoms with Crippen LogP contribution in [0.5, 0.6) is 5.75 Å². The summed E-state index contributed by atoms with van der Waals surface area (Å²) in [4.78, 5) is 28.2. The first-order valence-electron chi connectivity index (χ1n) is 12.6. The molecule has 0 aliphatic heterocycles. The summed E-state index contributed by atoms with van der Waals surface area (Å²) >= 11 is 12.8. The van der Waals surface area contributed by atoms with E-state index in [2.05, 4.69) is 5.32 Å². The van der Waals surface area contributed by atoms with Gasteiger partial charge in [0.25, 0.3) is 0 Å². The van der Waals surface area contributed by atoms with Gasteiger partial charge in [0.05, 0.1) is 19.1 Å². The van der Waals surface area contributed by atoms with Crippen molar-refractivity contribution in [2.24, 2.45) is 0 Å². The Morgan fingerprint density at radius 3 is 2.24 bits per heavy atom. The van der Waals surface area contributed by atoms with E-state index in [1.165, 1.54) is 16.3 Å². The van der Waals surface area contributed by atoms with Gasteiger partial charge in [-0.3, -0.25) is 13.9 Å². The van der Waals surface area contributed by atoms with Gasteiger partial charge in [0.15, 0.2) is 0 Å². The molecule has 0 spiro atoms. The number of methoxy groups -OCH3 is 1. The summed E-state index contributed by atoms with van der Waals surface area (Å²) in [7, 11) is -2.11. The van der Waals surface area contributed by atoms with Gasteiger partial charge in [0.1, 0.15) is 11.8 Å². The molecule has 38 heavy (non-hydrogen) atoms. The third-order valence-electron chi connectivity index (χ3n) is 6.27. The van der Waals surface area contributed by atoms with Crippen molar-refractivity contribution in [1.82, 2.24) is 10.2 Å². The van der Waals surface area contributed by atoms with Crippen LogP contribution in [0.3, 0.4) is 0 Å². The first-order valence-corrected chi connectivity index (χ1v) is 15.2. The molecule has 0 aliphatic carbocycles. The van der Waals surface area contributed by atoms with E-state index in [0.29, 0.717) is 33.5 Å². The van der Waals surface area contributed by atoms with E-state index in [-0.39, 0.29) is 43.8 Å². The van der Waals surface area contributed by atoms with Crippen molar-refractivity contribution in [3.63, 3.8) is 0 Å². The molecule has 8 nitrogen and oxygen atoms in total. The smallest absolute Gasteiger partial charge is 0.243 e. The second-order valence-electron chi connectivity index (χ2n) is 9.10. The van der Waals surface area contributed by atoms with E-state index in [4.69, 9.17) is 27.9 Å². The first-order chi connectivity index (χ1) is 17.9. The number of nitrogens with one attached hydrogen (secondary N) is 1. The summed E-state index contributed by atoms with van der Waals surface area (Å²) in [5.74, 6) is -0.0353. The number of nitrogens with zero attached hydrogens (tertiary/aromatic N) is 2. The molecule has 0 bridgehead atoms. The van der Waals surface area contributed by atoms with Gasteiger partial charge in [-0.25, -0.2) is 8.42 Å². The Morgan fingerprint density at radius 2 is 1.68 bits per heavy atom. The quantitative estimate of drug-likeness (QED) is 0.326. The Hall–Kier alpha value is -2.49. The molecule has 1 N–H and O–H groups in total. The number of hydrogen-bond acceptors (Lipinski definition) is 5. The topological polar surface area (TPSA) is 96.0 Å². The molecule has 0 saturated carbocycles. The van der Waals surface area contributed by atoms with Gasteiger partial charge < -0.3 is 15.0 Å². The predicted octanol–water partition coefficient (Wildman–Crippen LogP) is 5.27. The zero-order valence-corrected chi connectivity index (χ0v) is 24.9. The maximum Gasteiger partial charge on any atom is 0.243 e. The lowest BCUT2D eigenvalue weighted by Gasteiger charge is -2.32. The van der Waals surface area contributed by atoms with Crippen molar-refractivity contribution in [3.05, 3.63) is 58.1 Å². The minimum atomic E-state index is -3.62. The van der Waals surface area contributed by atoms with Crippen LogP contribution in [0, 0.1) is 0 Å². The molecule has 2 amide bonds. The lowest BCUT2D eigenvalue weighted by Crippen LogP contribution is -2.50. The van der Waals surface area contributed by atoms with Crippen LogP contribution in [-0.4, -0.2) is 57.1 Å². The average molecular weight is 587 g/mol. The normalized spacial score (nSPS) is 12.9. The molecule has 2 aromatic rings. The van der Waals surface area contributed by atoms with Gasteiger partial charge in [-0.15, -0.1) is 0 Å². The molecule has 0 aliphatic rings. The molecule has 11 heteroatoms. The van der Waals surface area contributed by atoms with E-state index in [9.17, 15) is 18.0 Å². The van der Waals surface area contributed by atoms with Crippen LogP contribution in [-0.2, 0) is 26.2 Å². The van der Waals surface area contributed by atoms with E-state index in [1.807, 2.05) is 20.8 Å². The van der Waals surface area contributed by atoms with Crippen LogP contribution in [0.1, 0.15) is 52.0 Å². The molecule has 0 unspecified atom stereocenters. The number of carbonyl (C=O) groups excluding carboxylic acids is 2. The first kappa shape index (κ1) is 31.7. The van der Waals surface area contributed by atoms with Gasteiger partial charge in [0.2, 0.25) is 21.8 Å². The summed E-state index contributed by atoms with van der Waals surface area (Å²) < 4.78 is 31.5. The van der Waals surface area contributed by atoms with Gasteiger partial charge >= 0.3 is 0 Å². The predicted molar refractivity (Wildman–Crippen MR) is 153 cm³/mol. The van der Waals surface area contributed by atoms with Crippen molar-refractivity contribution < 1.29 is 22.7 Å². The van der Waals surface area contributed by atoms with Crippen molar-refractivity contribution in [2.75, 3.05) is 24.2 Å². The molecule has 210 valence electrons. The highest BCUT2D eigenvalue weighted by Gasteiger charge is 2.30. The Morgan fingerprint density at radius 1 is 1.05 bits per heavy atom. The SMILES string of the molecule is CC[C@@H](C)NC(=O)[C@@H](CC)N(Cc1c(Cl)cccc1Cl)C(=O)CCCN(c1cccc(OC)c1)S(C)(=O)=O. The van der Waals surface area contributed by atoms with Gasteiger partial charge in [0, 0.05) is 47.2 Å². The Bertz CT molecular complexity index is 1190. The fourth-order valence-corrected chi connectivity index (χ4v) is 5.46.